The average molecular weight is 371 g/mol. The second-order valence-corrected chi connectivity index (χ2v) is 6.92. The molecule has 7 heteroatoms. The molecule has 130 valence electrons. The third kappa shape index (κ3) is 4.02. The Balaban J connectivity index is 2.18. The Hall–Kier alpha value is -1.72. The summed E-state index contributed by atoms with van der Waals surface area (Å²) in [6.07, 6.45) is 3.87. The Kier molecular flexibility index (Phi) is 5.78. The number of halogens is 2. The van der Waals surface area contributed by atoms with Gasteiger partial charge in [-0.1, -0.05) is 41.8 Å². The van der Waals surface area contributed by atoms with Gasteiger partial charge in [0.05, 0.1) is 16.1 Å². The van der Waals surface area contributed by atoms with Crippen molar-refractivity contribution < 1.29 is 14.3 Å². The molecule has 24 heavy (non-hydrogen) atoms. The van der Waals surface area contributed by atoms with Crippen molar-refractivity contribution in [1.29, 1.82) is 0 Å². The fraction of sp³-hybridized carbons (Fsp3) is 0.412. The first-order valence-corrected chi connectivity index (χ1v) is 8.37. The number of carbonyl (C=O) groups excluding carboxylic acids is 2. The lowest BCUT2D eigenvalue weighted by Gasteiger charge is -2.31. The topological polar surface area (TPSA) is 67.4 Å². The molecule has 1 atom stereocenters. The minimum absolute atomic E-state index is 0.0722. The largest absolute Gasteiger partial charge is 0.412 e. The SMILES string of the molecule is CNC(=O)Oc1ccc(NC(=O)C2(C)CCC=C(C)C2)c(Cl)c1Cl. The van der Waals surface area contributed by atoms with Crippen molar-refractivity contribution in [2.45, 2.75) is 33.1 Å². The van der Waals surface area contributed by atoms with E-state index in [1.165, 1.54) is 18.7 Å². The number of ether oxygens (including phenoxy) is 1. The zero-order chi connectivity index (χ0) is 17.9. The highest BCUT2D eigenvalue weighted by atomic mass is 35.5. The van der Waals surface area contributed by atoms with E-state index >= 15 is 0 Å². The number of allylic oxidation sites excluding steroid dienone is 2. The first kappa shape index (κ1) is 18.6. The molecule has 0 fully saturated rings. The molecule has 0 spiro atoms. The fourth-order valence-corrected chi connectivity index (χ4v) is 3.14. The maximum absolute atomic E-state index is 12.7. The highest BCUT2D eigenvalue weighted by molar-refractivity contribution is 6.45. The lowest BCUT2D eigenvalue weighted by molar-refractivity contribution is -0.125. The van der Waals surface area contributed by atoms with Crippen molar-refractivity contribution in [2.75, 3.05) is 12.4 Å². The van der Waals surface area contributed by atoms with Crippen LogP contribution in [0.3, 0.4) is 0 Å². The standard InChI is InChI=1S/C17H20Cl2N2O3/c1-10-5-4-8-17(2,9-10)15(22)21-11-6-7-12(14(19)13(11)18)24-16(23)20-3/h5-7H,4,8-9H2,1-3H3,(H,20,23)(H,21,22). The Morgan fingerprint density at radius 3 is 2.58 bits per heavy atom. The zero-order valence-corrected chi connectivity index (χ0v) is 15.3. The summed E-state index contributed by atoms with van der Waals surface area (Å²) in [5.74, 6) is 0.0227. The van der Waals surface area contributed by atoms with E-state index in [-0.39, 0.29) is 21.7 Å². The number of hydrogen-bond acceptors (Lipinski definition) is 3. The van der Waals surface area contributed by atoms with E-state index < -0.39 is 11.5 Å². The number of hydrogen-bond donors (Lipinski definition) is 2. The van der Waals surface area contributed by atoms with Crippen LogP contribution in [-0.4, -0.2) is 19.0 Å². The molecule has 5 nitrogen and oxygen atoms in total. The Morgan fingerprint density at radius 1 is 1.25 bits per heavy atom. The van der Waals surface area contributed by atoms with Gasteiger partial charge in [-0.3, -0.25) is 4.79 Å². The summed E-state index contributed by atoms with van der Waals surface area (Å²) in [5, 5.41) is 5.37. The van der Waals surface area contributed by atoms with Crippen molar-refractivity contribution in [2.24, 2.45) is 5.41 Å². The molecule has 2 N–H and O–H groups in total. The van der Waals surface area contributed by atoms with Crippen LogP contribution in [0.4, 0.5) is 10.5 Å². The number of carbonyl (C=O) groups is 2. The predicted octanol–water partition coefficient (Wildman–Crippen LogP) is 4.79. The van der Waals surface area contributed by atoms with E-state index in [0.717, 1.165) is 12.8 Å². The van der Waals surface area contributed by atoms with Crippen LogP contribution in [0.25, 0.3) is 0 Å². The van der Waals surface area contributed by atoms with Crippen LogP contribution in [0.2, 0.25) is 10.0 Å². The smallest absolute Gasteiger partial charge is 0.409 e. The number of anilines is 1. The minimum Gasteiger partial charge on any atom is -0.409 e. The van der Waals surface area contributed by atoms with Crippen molar-refractivity contribution >= 4 is 40.9 Å². The normalized spacial score (nSPS) is 20.1. The van der Waals surface area contributed by atoms with Gasteiger partial charge in [0.25, 0.3) is 0 Å². The Labute approximate surface area is 151 Å². The molecule has 0 heterocycles. The van der Waals surface area contributed by atoms with Gasteiger partial charge in [-0.15, -0.1) is 0 Å². The molecule has 0 aromatic heterocycles. The third-order valence-electron chi connectivity index (χ3n) is 4.11. The summed E-state index contributed by atoms with van der Waals surface area (Å²) in [6, 6.07) is 3.06. The van der Waals surface area contributed by atoms with Crippen LogP contribution in [0.1, 0.15) is 33.1 Å². The van der Waals surface area contributed by atoms with E-state index in [9.17, 15) is 9.59 Å². The van der Waals surface area contributed by atoms with Crippen LogP contribution in [-0.2, 0) is 4.79 Å². The summed E-state index contributed by atoms with van der Waals surface area (Å²) in [6.45, 7) is 3.97. The lowest BCUT2D eigenvalue weighted by Crippen LogP contribution is -2.35. The van der Waals surface area contributed by atoms with Crippen molar-refractivity contribution in [3.05, 3.63) is 33.8 Å². The molecule has 1 unspecified atom stereocenters. The molecule has 0 aliphatic heterocycles. The molecule has 0 saturated carbocycles. The van der Waals surface area contributed by atoms with Gasteiger partial charge in [0, 0.05) is 7.05 Å². The molecule has 0 bridgehead atoms. The maximum atomic E-state index is 12.7. The van der Waals surface area contributed by atoms with Crippen LogP contribution < -0.4 is 15.4 Å². The molecule has 1 aliphatic carbocycles. The van der Waals surface area contributed by atoms with Crippen molar-refractivity contribution in [3.63, 3.8) is 0 Å². The van der Waals surface area contributed by atoms with Crippen LogP contribution >= 0.6 is 23.2 Å². The van der Waals surface area contributed by atoms with Gasteiger partial charge in [0.15, 0.2) is 5.75 Å². The molecule has 2 amide bonds. The van der Waals surface area contributed by atoms with E-state index in [1.807, 2.05) is 13.8 Å². The lowest BCUT2D eigenvalue weighted by atomic mass is 9.75. The first-order chi connectivity index (χ1) is 11.3. The Bertz CT molecular complexity index is 703. The molecular weight excluding hydrogens is 351 g/mol. The van der Waals surface area contributed by atoms with Crippen molar-refractivity contribution in [1.82, 2.24) is 5.32 Å². The van der Waals surface area contributed by atoms with E-state index in [2.05, 4.69) is 16.7 Å². The minimum atomic E-state index is -0.651. The van der Waals surface area contributed by atoms with Crippen molar-refractivity contribution in [3.8, 4) is 5.75 Å². The number of benzene rings is 1. The van der Waals surface area contributed by atoms with E-state index in [0.29, 0.717) is 12.1 Å². The third-order valence-corrected chi connectivity index (χ3v) is 4.97. The summed E-state index contributed by atoms with van der Waals surface area (Å²) in [7, 11) is 1.44. The average Bonchev–Trinajstić information content (AvgIpc) is 2.54. The summed E-state index contributed by atoms with van der Waals surface area (Å²) in [4.78, 5) is 23.9. The van der Waals surface area contributed by atoms with Gasteiger partial charge in [0.1, 0.15) is 5.02 Å². The fourth-order valence-electron chi connectivity index (χ4n) is 2.74. The second-order valence-electron chi connectivity index (χ2n) is 6.16. The van der Waals surface area contributed by atoms with E-state index in [4.69, 9.17) is 27.9 Å². The quantitative estimate of drug-likeness (QED) is 0.751. The van der Waals surface area contributed by atoms with Crippen LogP contribution in [0.5, 0.6) is 5.75 Å². The number of rotatable bonds is 3. The Morgan fingerprint density at radius 2 is 1.96 bits per heavy atom. The van der Waals surface area contributed by atoms with Crippen LogP contribution in [0.15, 0.2) is 23.8 Å². The van der Waals surface area contributed by atoms with Gasteiger partial charge < -0.3 is 15.4 Å². The van der Waals surface area contributed by atoms with Gasteiger partial charge in [-0.2, -0.15) is 0 Å². The monoisotopic (exact) mass is 370 g/mol. The van der Waals surface area contributed by atoms with Gasteiger partial charge in [0.2, 0.25) is 5.91 Å². The molecule has 2 rings (SSSR count). The highest BCUT2D eigenvalue weighted by Crippen LogP contribution is 2.40. The predicted molar refractivity (Wildman–Crippen MR) is 95.9 cm³/mol. The molecule has 0 saturated heterocycles. The molecular formula is C17H20Cl2N2O3. The van der Waals surface area contributed by atoms with Crippen LogP contribution in [0, 0.1) is 5.41 Å². The summed E-state index contributed by atoms with van der Waals surface area (Å²) in [5.41, 5.74) is 1.12. The molecule has 1 aromatic rings. The highest BCUT2D eigenvalue weighted by Gasteiger charge is 2.35. The van der Waals surface area contributed by atoms with Gasteiger partial charge >= 0.3 is 6.09 Å². The van der Waals surface area contributed by atoms with E-state index in [1.54, 1.807) is 6.07 Å². The summed E-state index contributed by atoms with van der Waals surface area (Å²) < 4.78 is 5.00. The second kappa shape index (κ2) is 7.45. The maximum Gasteiger partial charge on any atom is 0.412 e. The van der Waals surface area contributed by atoms with Gasteiger partial charge in [-0.05, 0) is 38.3 Å². The first-order valence-electron chi connectivity index (χ1n) is 7.61. The molecule has 1 aromatic carbocycles. The van der Waals surface area contributed by atoms with Gasteiger partial charge in [-0.25, -0.2) is 4.79 Å². The molecule has 0 radical (unpaired) electrons. The summed E-state index contributed by atoms with van der Waals surface area (Å²) >= 11 is 12.3. The molecule has 1 aliphatic rings. The zero-order valence-electron chi connectivity index (χ0n) is 13.8. The number of nitrogens with one attached hydrogen (secondary N) is 2. The number of amides is 2.